The van der Waals surface area contributed by atoms with Gasteiger partial charge in [0, 0.05) is 31.7 Å². The number of hydrogen-bond acceptors (Lipinski definition) is 2. The Labute approximate surface area is 144 Å². The van der Waals surface area contributed by atoms with Gasteiger partial charge in [-0.25, -0.2) is 4.39 Å². The van der Waals surface area contributed by atoms with Gasteiger partial charge in [-0.05, 0) is 57.2 Å². The average molecular weight is 335 g/mol. The summed E-state index contributed by atoms with van der Waals surface area (Å²) in [7, 11) is 0. The molecule has 1 aliphatic rings. The molecular formula is C19H30FN3O. The second-order valence-corrected chi connectivity index (χ2v) is 6.32. The lowest BCUT2D eigenvalue weighted by Gasteiger charge is -2.16. The van der Waals surface area contributed by atoms with Crippen LogP contribution in [-0.4, -0.2) is 38.8 Å². The third kappa shape index (κ3) is 5.78. The zero-order valence-corrected chi connectivity index (χ0v) is 14.9. The Bertz CT molecular complexity index is 529. The third-order valence-corrected chi connectivity index (χ3v) is 4.39. The Hall–Kier alpha value is -1.62. The topological polar surface area (TPSA) is 45.7 Å². The smallest absolute Gasteiger partial charge is 0.191 e. The fourth-order valence-corrected chi connectivity index (χ4v) is 2.76. The van der Waals surface area contributed by atoms with Crippen LogP contribution in [0.1, 0.15) is 45.1 Å². The van der Waals surface area contributed by atoms with Gasteiger partial charge in [-0.15, -0.1) is 0 Å². The molecule has 1 aromatic rings. The van der Waals surface area contributed by atoms with Crippen molar-refractivity contribution >= 4 is 5.96 Å². The van der Waals surface area contributed by atoms with Gasteiger partial charge in [-0.3, -0.25) is 4.99 Å². The number of hydrogen-bond donors (Lipinski definition) is 2. The quantitative estimate of drug-likeness (QED) is 0.392. The Balaban J connectivity index is 1.84. The van der Waals surface area contributed by atoms with Crippen molar-refractivity contribution in [2.45, 2.75) is 44.9 Å². The molecule has 2 N–H and O–H groups in total. The maximum absolute atomic E-state index is 13.5. The first-order valence-electron chi connectivity index (χ1n) is 9.06. The normalized spacial score (nSPS) is 16.0. The molecule has 0 amide bonds. The van der Waals surface area contributed by atoms with Gasteiger partial charge in [0.1, 0.15) is 5.82 Å². The number of nitrogens with one attached hydrogen (secondary N) is 2. The lowest BCUT2D eigenvalue weighted by molar-refractivity contribution is 0.143. The number of benzene rings is 1. The van der Waals surface area contributed by atoms with Crippen LogP contribution in [0.25, 0.3) is 0 Å². The van der Waals surface area contributed by atoms with Crippen molar-refractivity contribution in [2.75, 3.05) is 32.8 Å². The molecule has 2 rings (SSSR count). The molecule has 0 saturated heterocycles. The lowest BCUT2D eigenvalue weighted by Crippen LogP contribution is -2.38. The SMILES string of the molecule is CCNC(=NCC1(c2cccc(F)c2)CC1)NCCCCOCC. The second kappa shape index (κ2) is 9.62. The predicted octanol–water partition coefficient (Wildman–Crippen LogP) is 3.23. The van der Waals surface area contributed by atoms with Gasteiger partial charge in [-0.1, -0.05) is 12.1 Å². The summed E-state index contributed by atoms with van der Waals surface area (Å²) in [4.78, 5) is 4.73. The Kier molecular flexibility index (Phi) is 7.50. The Morgan fingerprint density at radius 3 is 2.75 bits per heavy atom. The first-order chi connectivity index (χ1) is 11.7. The number of aliphatic imine (C=N–C) groups is 1. The van der Waals surface area contributed by atoms with Crippen LogP contribution in [0.2, 0.25) is 0 Å². The summed E-state index contributed by atoms with van der Waals surface area (Å²) in [6.07, 6.45) is 4.26. The predicted molar refractivity (Wildman–Crippen MR) is 97.0 cm³/mol. The van der Waals surface area contributed by atoms with Crippen LogP contribution in [0.3, 0.4) is 0 Å². The summed E-state index contributed by atoms with van der Waals surface area (Å²) in [5.41, 5.74) is 1.10. The van der Waals surface area contributed by atoms with Crippen LogP contribution in [0.5, 0.6) is 0 Å². The van der Waals surface area contributed by atoms with Crippen molar-refractivity contribution in [3.63, 3.8) is 0 Å². The molecule has 0 heterocycles. The molecule has 134 valence electrons. The summed E-state index contributed by atoms with van der Waals surface area (Å²) < 4.78 is 18.8. The molecule has 1 fully saturated rings. The third-order valence-electron chi connectivity index (χ3n) is 4.39. The summed E-state index contributed by atoms with van der Waals surface area (Å²) >= 11 is 0. The molecule has 0 radical (unpaired) electrons. The molecule has 0 atom stereocenters. The van der Waals surface area contributed by atoms with Crippen molar-refractivity contribution in [3.8, 4) is 0 Å². The number of nitrogens with zero attached hydrogens (tertiary/aromatic N) is 1. The number of ether oxygens (including phenoxy) is 1. The van der Waals surface area contributed by atoms with Crippen LogP contribution >= 0.6 is 0 Å². The second-order valence-electron chi connectivity index (χ2n) is 6.32. The molecule has 4 nitrogen and oxygen atoms in total. The number of rotatable bonds is 10. The average Bonchev–Trinajstić information content (AvgIpc) is 3.37. The zero-order valence-electron chi connectivity index (χ0n) is 14.9. The molecule has 0 aromatic heterocycles. The van der Waals surface area contributed by atoms with Gasteiger partial charge in [0.05, 0.1) is 6.54 Å². The molecule has 0 bridgehead atoms. The van der Waals surface area contributed by atoms with Crippen LogP contribution < -0.4 is 10.6 Å². The van der Waals surface area contributed by atoms with E-state index >= 15 is 0 Å². The highest BCUT2D eigenvalue weighted by Crippen LogP contribution is 2.48. The van der Waals surface area contributed by atoms with Crippen molar-refractivity contribution < 1.29 is 9.13 Å². The van der Waals surface area contributed by atoms with Gasteiger partial charge in [0.15, 0.2) is 5.96 Å². The maximum atomic E-state index is 13.5. The highest BCUT2D eigenvalue weighted by atomic mass is 19.1. The number of halogens is 1. The molecule has 0 aliphatic heterocycles. The minimum atomic E-state index is -0.165. The van der Waals surface area contributed by atoms with Crippen LogP contribution in [-0.2, 0) is 10.2 Å². The van der Waals surface area contributed by atoms with E-state index in [0.717, 1.165) is 63.5 Å². The minimum absolute atomic E-state index is 0.0272. The van der Waals surface area contributed by atoms with Gasteiger partial charge >= 0.3 is 0 Å². The van der Waals surface area contributed by atoms with E-state index in [2.05, 4.69) is 17.6 Å². The molecule has 24 heavy (non-hydrogen) atoms. The van der Waals surface area contributed by atoms with E-state index in [4.69, 9.17) is 9.73 Å². The minimum Gasteiger partial charge on any atom is -0.382 e. The fraction of sp³-hybridized carbons (Fsp3) is 0.632. The summed E-state index contributed by atoms with van der Waals surface area (Å²) in [6, 6.07) is 6.95. The maximum Gasteiger partial charge on any atom is 0.191 e. The van der Waals surface area contributed by atoms with E-state index in [1.54, 1.807) is 12.1 Å². The molecule has 5 heteroatoms. The van der Waals surface area contributed by atoms with E-state index in [-0.39, 0.29) is 11.2 Å². The Morgan fingerprint density at radius 2 is 2.08 bits per heavy atom. The molecule has 1 aromatic carbocycles. The van der Waals surface area contributed by atoms with E-state index in [1.165, 1.54) is 6.07 Å². The van der Waals surface area contributed by atoms with Crippen molar-refractivity contribution in [2.24, 2.45) is 4.99 Å². The highest BCUT2D eigenvalue weighted by Gasteiger charge is 2.44. The van der Waals surface area contributed by atoms with Crippen LogP contribution in [0.4, 0.5) is 4.39 Å². The first kappa shape index (κ1) is 18.7. The molecule has 0 unspecified atom stereocenters. The molecule has 0 spiro atoms. The number of guanidine groups is 1. The van der Waals surface area contributed by atoms with Crippen molar-refractivity contribution in [1.29, 1.82) is 0 Å². The van der Waals surface area contributed by atoms with E-state index in [0.29, 0.717) is 6.54 Å². The first-order valence-corrected chi connectivity index (χ1v) is 9.06. The standard InChI is InChI=1S/C19H30FN3O/c1-3-21-18(22-12-5-6-13-24-4-2)23-15-19(10-11-19)16-8-7-9-17(20)14-16/h7-9,14H,3-6,10-13,15H2,1-2H3,(H2,21,22,23). The molecular weight excluding hydrogens is 305 g/mol. The Morgan fingerprint density at radius 1 is 1.25 bits per heavy atom. The summed E-state index contributed by atoms with van der Waals surface area (Å²) in [5.74, 6) is 0.679. The van der Waals surface area contributed by atoms with Crippen LogP contribution in [0.15, 0.2) is 29.3 Å². The van der Waals surface area contributed by atoms with Gasteiger partial charge in [0.2, 0.25) is 0 Å². The van der Waals surface area contributed by atoms with E-state index < -0.39 is 0 Å². The van der Waals surface area contributed by atoms with Gasteiger partial charge in [0.25, 0.3) is 0 Å². The largest absolute Gasteiger partial charge is 0.382 e. The summed E-state index contributed by atoms with van der Waals surface area (Å²) in [5, 5.41) is 6.65. The van der Waals surface area contributed by atoms with E-state index in [1.807, 2.05) is 13.0 Å². The van der Waals surface area contributed by atoms with E-state index in [9.17, 15) is 4.39 Å². The zero-order chi connectivity index (χ0) is 17.3. The highest BCUT2D eigenvalue weighted by molar-refractivity contribution is 5.79. The van der Waals surface area contributed by atoms with Crippen LogP contribution in [0, 0.1) is 5.82 Å². The summed E-state index contributed by atoms with van der Waals surface area (Å²) in [6.45, 7) is 8.08. The molecule has 1 saturated carbocycles. The van der Waals surface area contributed by atoms with Gasteiger partial charge < -0.3 is 15.4 Å². The fourth-order valence-electron chi connectivity index (χ4n) is 2.76. The number of unbranched alkanes of at least 4 members (excludes halogenated alkanes) is 1. The van der Waals surface area contributed by atoms with Crippen molar-refractivity contribution in [1.82, 2.24) is 10.6 Å². The van der Waals surface area contributed by atoms with Crippen molar-refractivity contribution in [3.05, 3.63) is 35.6 Å². The lowest BCUT2D eigenvalue weighted by atomic mass is 9.96. The monoisotopic (exact) mass is 335 g/mol. The van der Waals surface area contributed by atoms with Gasteiger partial charge in [-0.2, -0.15) is 0 Å². The molecule has 1 aliphatic carbocycles.